The third-order valence-corrected chi connectivity index (χ3v) is 8.71. The van der Waals surface area contributed by atoms with E-state index in [0.717, 1.165) is 31.2 Å². The highest BCUT2D eigenvalue weighted by Crippen LogP contribution is 2.29. The molecule has 8 nitrogen and oxygen atoms in total. The smallest absolute Gasteiger partial charge is 0.322 e. The maximum Gasteiger partial charge on any atom is 0.322 e. The highest BCUT2D eigenvalue weighted by Gasteiger charge is 2.31. The lowest BCUT2D eigenvalue weighted by atomic mass is 9.92. The van der Waals surface area contributed by atoms with Crippen molar-refractivity contribution < 1.29 is 22.4 Å². The summed E-state index contributed by atoms with van der Waals surface area (Å²) in [5.74, 6) is -0.718. The fourth-order valence-corrected chi connectivity index (χ4v) is 6.31. The van der Waals surface area contributed by atoms with Crippen molar-refractivity contribution in [2.45, 2.75) is 43.4 Å². The molecule has 180 valence electrons. The molecular formula is C24H27FN4O4S. The van der Waals surface area contributed by atoms with Gasteiger partial charge in [-0.25, -0.2) is 17.6 Å². The van der Waals surface area contributed by atoms with Crippen molar-refractivity contribution in [3.05, 3.63) is 52.8 Å². The number of benzene rings is 2. The molecule has 5 rings (SSSR count). The van der Waals surface area contributed by atoms with Crippen LogP contribution in [0.4, 0.5) is 20.6 Å². The second kappa shape index (κ2) is 8.99. The normalized spacial score (nSPS) is 18.6. The summed E-state index contributed by atoms with van der Waals surface area (Å²) in [4.78, 5) is 26.1. The Morgan fingerprint density at radius 2 is 1.65 bits per heavy atom. The van der Waals surface area contributed by atoms with Gasteiger partial charge in [-0.2, -0.15) is 4.31 Å². The predicted molar refractivity (Wildman–Crippen MR) is 126 cm³/mol. The molecule has 0 aromatic heterocycles. The summed E-state index contributed by atoms with van der Waals surface area (Å²) in [5, 5.41) is 5.25. The van der Waals surface area contributed by atoms with Crippen molar-refractivity contribution in [2.24, 2.45) is 0 Å². The van der Waals surface area contributed by atoms with Crippen molar-refractivity contribution in [3.63, 3.8) is 0 Å². The number of nitrogens with zero attached hydrogens (tertiary/aromatic N) is 2. The van der Waals surface area contributed by atoms with Gasteiger partial charge in [-0.05, 0) is 73.1 Å². The molecule has 3 aliphatic rings. The van der Waals surface area contributed by atoms with Crippen LogP contribution in [-0.2, 0) is 34.1 Å². The molecule has 0 saturated carbocycles. The lowest BCUT2D eigenvalue weighted by Crippen LogP contribution is -2.51. The second-order valence-electron chi connectivity index (χ2n) is 9.00. The van der Waals surface area contributed by atoms with Crippen molar-refractivity contribution >= 4 is 33.3 Å². The Bertz CT molecular complexity index is 1260. The summed E-state index contributed by atoms with van der Waals surface area (Å²) in [7, 11) is -3.65. The van der Waals surface area contributed by atoms with Gasteiger partial charge in [0.15, 0.2) is 0 Å². The first-order valence-corrected chi connectivity index (χ1v) is 13.1. The first kappa shape index (κ1) is 22.8. The van der Waals surface area contributed by atoms with Crippen LogP contribution in [0.2, 0.25) is 0 Å². The molecule has 1 fully saturated rings. The molecule has 2 heterocycles. The monoisotopic (exact) mass is 486 g/mol. The molecule has 34 heavy (non-hydrogen) atoms. The van der Waals surface area contributed by atoms with Gasteiger partial charge in [0.2, 0.25) is 15.9 Å². The number of piperazine rings is 1. The minimum absolute atomic E-state index is 0.0185. The third-order valence-electron chi connectivity index (χ3n) is 6.81. The van der Waals surface area contributed by atoms with Gasteiger partial charge in [0.25, 0.3) is 0 Å². The van der Waals surface area contributed by atoms with E-state index in [4.69, 9.17) is 0 Å². The number of fused-ring (bicyclic) bond motifs is 2. The summed E-state index contributed by atoms with van der Waals surface area (Å²) < 4.78 is 42.2. The molecule has 0 atom stereocenters. The molecule has 1 saturated heterocycles. The van der Waals surface area contributed by atoms with Crippen LogP contribution in [0.1, 0.15) is 36.0 Å². The van der Waals surface area contributed by atoms with Gasteiger partial charge < -0.3 is 15.5 Å². The van der Waals surface area contributed by atoms with Crippen molar-refractivity contribution in [2.75, 3.05) is 36.8 Å². The summed E-state index contributed by atoms with van der Waals surface area (Å²) in [6, 6.07) is 7.63. The predicted octanol–water partition coefficient (Wildman–Crippen LogP) is 3.13. The Kier molecular flexibility index (Phi) is 6.03. The van der Waals surface area contributed by atoms with Crippen LogP contribution in [0, 0.1) is 5.82 Å². The van der Waals surface area contributed by atoms with E-state index in [1.165, 1.54) is 26.9 Å². The van der Waals surface area contributed by atoms with Gasteiger partial charge in [-0.1, -0.05) is 6.07 Å². The molecule has 0 unspecified atom stereocenters. The number of nitrogens with one attached hydrogen (secondary N) is 2. The maximum absolute atomic E-state index is 14.5. The fourth-order valence-electron chi connectivity index (χ4n) is 4.84. The quantitative estimate of drug-likeness (QED) is 0.696. The Morgan fingerprint density at radius 3 is 2.41 bits per heavy atom. The third kappa shape index (κ3) is 4.39. The van der Waals surface area contributed by atoms with E-state index in [1.807, 2.05) is 6.07 Å². The molecule has 1 aliphatic carbocycles. The molecule has 0 bridgehead atoms. The zero-order chi connectivity index (χ0) is 23.9. The summed E-state index contributed by atoms with van der Waals surface area (Å²) in [5.41, 5.74) is 3.49. The zero-order valence-electron chi connectivity index (χ0n) is 18.8. The summed E-state index contributed by atoms with van der Waals surface area (Å²) >= 11 is 0. The molecule has 2 aromatic rings. The highest BCUT2D eigenvalue weighted by atomic mass is 32.2. The van der Waals surface area contributed by atoms with E-state index in [1.54, 1.807) is 12.1 Å². The number of rotatable bonds is 3. The molecular weight excluding hydrogens is 459 g/mol. The van der Waals surface area contributed by atoms with Gasteiger partial charge in [0, 0.05) is 38.3 Å². The van der Waals surface area contributed by atoms with E-state index >= 15 is 0 Å². The van der Waals surface area contributed by atoms with Crippen LogP contribution in [0.25, 0.3) is 0 Å². The van der Waals surface area contributed by atoms with Crippen LogP contribution < -0.4 is 10.6 Å². The molecule has 2 N–H and O–H groups in total. The van der Waals surface area contributed by atoms with Crippen LogP contribution in [0.15, 0.2) is 35.2 Å². The lowest BCUT2D eigenvalue weighted by molar-refractivity contribution is -0.116. The Labute approximate surface area is 198 Å². The number of hydrogen-bond donors (Lipinski definition) is 2. The standard InChI is InChI=1S/C24H27FN4O4S/c25-20-14-18-6-8-23(30)26-21(18)15-22(20)27-24(31)28-9-11-29(12-10-28)34(32,33)19-7-5-16-3-1-2-4-17(16)13-19/h5,7,13-15H,1-4,6,8-12H2,(H,26,30)(H,27,31). The van der Waals surface area contributed by atoms with E-state index in [2.05, 4.69) is 10.6 Å². The van der Waals surface area contributed by atoms with Crippen molar-refractivity contribution in [1.29, 1.82) is 0 Å². The van der Waals surface area contributed by atoms with Crippen LogP contribution in [0.5, 0.6) is 0 Å². The molecule has 2 aliphatic heterocycles. The van der Waals surface area contributed by atoms with Crippen molar-refractivity contribution in [3.8, 4) is 0 Å². The van der Waals surface area contributed by atoms with Gasteiger partial charge in [0.1, 0.15) is 5.82 Å². The minimum atomic E-state index is -3.65. The number of carbonyl (C=O) groups excluding carboxylic acids is 2. The Balaban J connectivity index is 1.23. The summed E-state index contributed by atoms with van der Waals surface area (Å²) in [6.45, 7) is 0.712. The highest BCUT2D eigenvalue weighted by molar-refractivity contribution is 7.89. The SMILES string of the molecule is O=C1CCc2cc(F)c(NC(=O)N3CCN(S(=O)(=O)c4ccc5c(c4)CCCC5)CC3)cc2N1. The first-order chi connectivity index (χ1) is 16.3. The Hall–Kier alpha value is -2.98. The van der Waals surface area contributed by atoms with Gasteiger partial charge >= 0.3 is 6.03 Å². The fraction of sp³-hybridized carbons (Fsp3) is 0.417. The van der Waals surface area contributed by atoms with Gasteiger partial charge in [-0.3, -0.25) is 4.79 Å². The first-order valence-electron chi connectivity index (χ1n) is 11.6. The number of carbonyl (C=O) groups is 2. The topological polar surface area (TPSA) is 98.8 Å². The van der Waals surface area contributed by atoms with E-state index in [-0.39, 0.29) is 37.8 Å². The molecule has 0 radical (unpaired) electrons. The van der Waals surface area contributed by atoms with Crippen LogP contribution >= 0.6 is 0 Å². The van der Waals surface area contributed by atoms with E-state index in [9.17, 15) is 22.4 Å². The molecule has 0 spiro atoms. The minimum Gasteiger partial charge on any atom is -0.326 e. The largest absolute Gasteiger partial charge is 0.326 e. The van der Waals surface area contributed by atoms with Crippen LogP contribution in [-0.4, -0.2) is 55.7 Å². The number of hydrogen-bond acceptors (Lipinski definition) is 4. The number of amides is 3. The maximum atomic E-state index is 14.5. The summed E-state index contributed by atoms with van der Waals surface area (Å²) in [6.07, 6.45) is 4.84. The van der Waals surface area contributed by atoms with Gasteiger partial charge in [-0.15, -0.1) is 0 Å². The number of anilines is 2. The van der Waals surface area contributed by atoms with E-state index in [0.29, 0.717) is 29.0 Å². The zero-order valence-corrected chi connectivity index (χ0v) is 19.6. The average Bonchev–Trinajstić information content (AvgIpc) is 2.84. The molecule has 10 heteroatoms. The average molecular weight is 487 g/mol. The number of urea groups is 1. The van der Waals surface area contributed by atoms with Crippen molar-refractivity contribution in [1.82, 2.24) is 9.21 Å². The number of halogens is 1. The molecule has 2 aromatic carbocycles. The lowest BCUT2D eigenvalue weighted by Gasteiger charge is -2.34. The van der Waals surface area contributed by atoms with Gasteiger partial charge in [0.05, 0.1) is 10.6 Å². The second-order valence-corrected chi connectivity index (χ2v) is 10.9. The number of sulfonamides is 1. The number of aryl methyl sites for hydroxylation is 3. The Morgan fingerprint density at radius 1 is 0.912 bits per heavy atom. The molecule has 3 amide bonds. The van der Waals surface area contributed by atoms with E-state index < -0.39 is 21.9 Å². The van der Waals surface area contributed by atoms with Crippen LogP contribution in [0.3, 0.4) is 0 Å².